The summed E-state index contributed by atoms with van der Waals surface area (Å²) in [4.78, 5) is 18.4. The van der Waals surface area contributed by atoms with Crippen LogP contribution in [0.15, 0.2) is 36.4 Å². The van der Waals surface area contributed by atoms with Gasteiger partial charge in [-0.1, -0.05) is 13.0 Å². The van der Waals surface area contributed by atoms with Crippen molar-refractivity contribution in [3.05, 3.63) is 52.4 Å². The van der Waals surface area contributed by atoms with E-state index in [2.05, 4.69) is 11.9 Å². The van der Waals surface area contributed by atoms with Gasteiger partial charge < -0.3 is 5.11 Å². The first-order chi connectivity index (χ1) is 10.1. The van der Waals surface area contributed by atoms with Crippen molar-refractivity contribution in [1.82, 2.24) is 4.98 Å². The van der Waals surface area contributed by atoms with Crippen molar-refractivity contribution in [2.45, 2.75) is 20.3 Å². The smallest absolute Gasteiger partial charge is 0.336 e. The molecule has 0 fully saturated rings. The van der Waals surface area contributed by atoms with Crippen molar-refractivity contribution in [1.29, 1.82) is 0 Å². The Bertz CT molecular complexity index is 836. The third-order valence-electron chi connectivity index (χ3n) is 3.50. The fourth-order valence-electron chi connectivity index (χ4n) is 2.37. The number of aromatic carboxylic acids is 1. The lowest BCUT2D eigenvalue weighted by Gasteiger charge is -2.07. The molecule has 0 aliphatic carbocycles. The van der Waals surface area contributed by atoms with Crippen LogP contribution in [0.25, 0.3) is 21.5 Å². The van der Waals surface area contributed by atoms with E-state index < -0.39 is 5.97 Å². The fourth-order valence-corrected chi connectivity index (χ4v) is 3.20. The second kappa shape index (κ2) is 5.30. The predicted octanol–water partition coefficient (Wildman–Crippen LogP) is 4.53. The first kappa shape index (κ1) is 13.8. The Balaban J connectivity index is 2.28. The number of aromatic nitrogens is 1. The summed E-state index contributed by atoms with van der Waals surface area (Å²) in [7, 11) is 0. The van der Waals surface area contributed by atoms with Gasteiger partial charge in [-0.05, 0) is 49.2 Å². The average Bonchev–Trinajstić information content (AvgIpc) is 2.92. The van der Waals surface area contributed by atoms with Crippen molar-refractivity contribution >= 4 is 28.2 Å². The molecule has 0 atom stereocenters. The molecule has 0 spiro atoms. The number of thiophene rings is 1. The number of carboxylic acids is 1. The molecule has 21 heavy (non-hydrogen) atoms. The minimum absolute atomic E-state index is 0.316. The maximum atomic E-state index is 11.6. The number of hydrogen-bond donors (Lipinski definition) is 1. The van der Waals surface area contributed by atoms with Gasteiger partial charge in [-0.2, -0.15) is 0 Å². The first-order valence-electron chi connectivity index (χ1n) is 6.82. The zero-order chi connectivity index (χ0) is 15.0. The molecule has 0 unspecified atom stereocenters. The number of nitrogens with zero attached hydrogens (tertiary/aromatic N) is 1. The Kier molecular flexibility index (Phi) is 3.47. The van der Waals surface area contributed by atoms with E-state index in [0.29, 0.717) is 10.9 Å². The molecule has 0 bridgehead atoms. The number of fused-ring (bicyclic) bond motifs is 1. The number of aryl methyl sites for hydroxylation is 2. The maximum Gasteiger partial charge on any atom is 0.336 e. The molecule has 3 nitrogen and oxygen atoms in total. The predicted molar refractivity (Wildman–Crippen MR) is 86.1 cm³/mol. The van der Waals surface area contributed by atoms with E-state index >= 15 is 0 Å². The third-order valence-corrected chi connectivity index (χ3v) is 4.53. The van der Waals surface area contributed by atoms with Gasteiger partial charge in [-0.25, -0.2) is 9.78 Å². The van der Waals surface area contributed by atoms with Gasteiger partial charge in [0.15, 0.2) is 0 Å². The zero-order valence-corrected chi connectivity index (χ0v) is 12.7. The van der Waals surface area contributed by atoms with E-state index in [1.807, 2.05) is 37.3 Å². The summed E-state index contributed by atoms with van der Waals surface area (Å²) in [5.74, 6) is -0.912. The second-order valence-electron chi connectivity index (χ2n) is 4.98. The minimum atomic E-state index is -0.912. The molecule has 3 rings (SSSR count). The Hall–Kier alpha value is -2.20. The van der Waals surface area contributed by atoms with Crippen LogP contribution in [0, 0.1) is 6.92 Å². The number of carboxylic acid groups (broad SMARTS) is 1. The Morgan fingerprint density at radius 2 is 2.05 bits per heavy atom. The van der Waals surface area contributed by atoms with E-state index in [4.69, 9.17) is 0 Å². The van der Waals surface area contributed by atoms with Crippen LogP contribution in [0.3, 0.4) is 0 Å². The normalized spacial score (nSPS) is 11.0. The molecule has 0 aliphatic rings. The molecule has 0 aliphatic heterocycles. The number of hydrogen-bond acceptors (Lipinski definition) is 3. The molecule has 4 heteroatoms. The molecule has 2 aromatic heterocycles. The average molecular weight is 297 g/mol. The minimum Gasteiger partial charge on any atom is -0.478 e. The van der Waals surface area contributed by atoms with Crippen LogP contribution in [0.4, 0.5) is 0 Å². The Morgan fingerprint density at radius 3 is 2.67 bits per heavy atom. The van der Waals surface area contributed by atoms with Crippen LogP contribution in [0.2, 0.25) is 0 Å². The van der Waals surface area contributed by atoms with Crippen LogP contribution in [0.5, 0.6) is 0 Å². The summed E-state index contributed by atoms with van der Waals surface area (Å²) in [6.45, 7) is 4.08. The largest absolute Gasteiger partial charge is 0.478 e. The highest BCUT2D eigenvalue weighted by molar-refractivity contribution is 7.15. The van der Waals surface area contributed by atoms with E-state index in [9.17, 15) is 9.90 Å². The van der Waals surface area contributed by atoms with Gasteiger partial charge in [0.05, 0.1) is 21.7 Å². The van der Waals surface area contributed by atoms with E-state index in [0.717, 1.165) is 28.1 Å². The summed E-state index contributed by atoms with van der Waals surface area (Å²) in [6, 6.07) is 11.5. The van der Waals surface area contributed by atoms with E-state index in [1.165, 1.54) is 4.88 Å². The lowest BCUT2D eigenvalue weighted by atomic mass is 10.0. The van der Waals surface area contributed by atoms with Gasteiger partial charge in [0.25, 0.3) is 0 Å². The summed E-state index contributed by atoms with van der Waals surface area (Å²) in [6.07, 6.45) is 0.876. The molecule has 106 valence electrons. The maximum absolute atomic E-state index is 11.6. The summed E-state index contributed by atoms with van der Waals surface area (Å²) in [5.41, 5.74) is 2.89. The van der Waals surface area contributed by atoms with Gasteiger partial charge in [0.1, 0.15) is 0 Å². The lowest BCUT2D eigenvalue weighted by molar-refractivity contribution is 0.0699. The number of rotatable bonds is 3. The van der Waals surface area contributed by atoms with E-state index in [1.54, 1.807) is 17.4 Å². The second-order valence-corrected chi connectivity index (χ2v) is 6.26. The van der Waals surface area contributed by atoms with Crippen LogP contribution in [-0.2, 0) is 6.42 Å². The molecule has 2 heterocycles. The van der Waals surface area contributed by atoms with Gasteiger partial charge in [-0.15, -0.1) is 11.3 Å². The fraction of sp³-hybridized carbons (Fsp3) is 0.176. The molecule has 0 saturated carbocycles. The van der Waals surface area contributed by atoms with Gasteiger partial charge >= 0.3 is 5.97 Å². The van der Waals surface area contributed by atoms with Crippen LogP contribution < -0.4 is 0 Å². The number of benzene rings is 1. The molecule has 1 N–H and O–H groups in total. The molecule has 3 aromatic rings. The highest BCUT2D eigenvalue weighted by Crippen LogP contribution is 2.30. The molecular weight excluding hydrogens is 282 g/mol. The molecule has 0 amide bonds. The van der Waals surface area contributed by atoms with Gasteiger partial charge in [0.2, 0.25) is 0 Å². The molecular formula is C17H15NO2S. The monoisotopic (exact) mass is 297 g/mol. The summed E-state index contributed by atoms with van der Waals surface area (Å²) < 4.78 is 0. The molecule has 0 saturated heterocycles. The Labute approximate surface area is 126 Å². The highest BCUT2D eigenvalue weighted by atomic mass is 32.1. The topological polar surface area (TPSA) is 50.2 Å². The van der Waals surface area contributed by atoms with Gasteiger partial charge in [0, 0.05) is 10.3 Å². The quantitative estimate of drug-likeness (QED) is 0.772. The van der Waals surface area contributed by atoms with Crippen LogP contribution in [0.1, 0.15) is 27.7 Å². The third kappa shape index (κ3) is 2.54. The van der Waals surface area contributed by atoms with Crippen LogP contribution in [-0.4, -0.2) is 16.1 Å². The van der Waals surface area contributed by atoms with Gasteiger partial charge in [-0.3, -0.25) is 0 Å². The summed E-state index contributed by atoms with van der Waals surface area (Å²) in [5, 5.41) is 10.2. The highest BCUT2D eigenvalue weighted by Gasteiger charge is 2.14. The van der Waals surface area contributed by atoms with Crippen LogP contribution >= 0.6 is 11.3 Å². The van der Waals surface area contributed by atoms with Crippen molar-refractivity contribution in [2.75, 3.05) is 0 Å². The summed E-state index contributed by atoms with van der Waals surface area (Å²) >= 11 is 1.62. The number of pyridine rings is 1. The standard InChI is InChI=1S/C17H15NO2S/c1-3-11-5-6-14-12(8-11)13(17(19)20)9-15(18-14)16-7-4-10(2)21-16/h4-9H,3H2,1-2H3,(H,19,20). The van der Waals surface area contributed by atoms with Crippen molar-refractivity contribution in [2.24, 2.45) is 0 Å². The van der Waals surface area contributed by atoms with Crippen molar-refractivity contribution in [3.8, 4) is 10.6 Å². The molecule has 0 radical (unpaired) electrons. The first-order valence-corrected chi connectivity index (χ1v) is 7.64. The lowest BCUT2D eigenvalue weighted by Crippen LogP contribution is -2.00. The SMILES string of the molecule is CCc1ccc2nc(-c3ccc(C)s3)cc(C(=O)O)c2c1. The zero-order valence-electron chi connectivity index (χ0n) is 11.9. The van der Waals surface area contributed by atoms with Crippen molar-refractivity contribution < 1.29 is 9.90 Å². The Morgan fingerprint density at radius 1 is 1.24 bits per heavy atom. The molecule has 1 aromatic carbocycles. The van der Waals surface area contributed by atoms with E-state index in [-0.39, 0.29) is 0 Å². The van der Waals surface area contributed by atoms with Crippen molar-refractivity contribution in [3.63, 3.8) is 0 Å². The number of carbonyl (C=O) groups is 1.